The van der Waals surface area contributed by atoms with Gasteiger partial charge in [-0.15, -0.1) is 0 Å². The molecule has 0 amide bonds. The normalized spacial score (nSPS) is 2.40. The van der Waals surface area contributed by atoms with E-state index in [9.17, 15) is 0 Å². The SMILES string of the molecule is O.O=C[O-].[Cu+]. The molecule has 0 heterocycles. The molecule has 0 aliphatic rings. The first-order valence-corrected chi connectivity index (χ1v) is 0.471. The Bertz CT molecular complexity index is 14.4. The van der Waals surface area contributed by atoms with Crippen LogP contribution in [0.2, 0.25) is 0 Å². The number of hydrogen-bond donors (Lipinski definition) is 0. The van der Waals surface area contributed by atoms with Gasteiger partial charge in [-0.1, -0.05) is 0 Å². The Morgan fingerprint density at radius 3 is 1.60 bits per heavy atom. The zero-order valence-corrected chi connectivity index (χ0v) is 3.14. The maximum Gasteiger partial charge on any atom is 1.00 e. The molecular formula is CH3CuO3. The van der Waals surface area contributed by atoms with E-state index < -0.39 is 6.47 Å². The van der Waals surface area contributed by atoms with E-state index in [4.69, 9.17) is 9.90 Å². The molecular weight excluding hydrogens is 124 g/mol. The van der Waals surface area contributed by atoms with Crippen LogP contribution < -0.4 is 5.11 Å². The Morgan fingerprint density at radius 1 is 1.60 bits per heavy atom. The molecule has 0 fully saturated rings. The van der Waals surface area contributed by atoms with Crippen LogP contribution in [0.25, 0.3) is 0 Å². The summed E-state index contributed by atoms with van der Waals surface area (Å²) in [6.45, 7) is -0.500. The molecule has 4 heteroatoms. The summed E-state index contributed by atoms with van der Waals surface area (Å²) in [5.41, 5.74) is 0. The maximum atomic E-state index is 8.25. The van der Waals surface area contributed by atoms with E-state index in [1.807, 2.05) is 0 Å². The quantitative estimate of drug-likeness (QED) is 0.267. The third kappa shape index (κ3) is 5880. The topological polar surface area (TPSA) is 71.6 Å². The van der Waals surface area contributed by atoms with E-state index in [1.165, 1.54) is 0 Å². The van der Waals surface area contributed by atoms with Gasteiger partial charge in [0.2, 0.25) is 0 Å². The van der Waals surface area contributed by atoms with Crippen LogP contribution in [-0.4, -0.2) is 11.9 Å². The molecule has 0 radical (unpaired) electrons. The van der Waals surface area contributed by atoms with Crippen LogP contribution in [0.5, 0.6) is 0 Å². The zero-order valence-electron chi connectivity index (χ0n) is 2.20. The monoisotopic (exact) mass is 126 g/mol. The van der Waals surface area contributed by atoms with Gasteiger partial charge in [0, 0.05) is 6.47 Å². The van der Waals surface area contributed by atoms with Crippen LogP contribution in [0, 0.1) is 0 Å². The van der Waals surface area contributed by atoms with Gasteiger partial charge in [0.05, 0.1) is 0 Å². The van der Waals surface area contributed by atoms with Gasteiger partial charge in [0.25, 0.3) is 0 Å². The second-order valence-electron chi connectivity index (χ2n) is 0.0962. The van der Waals surface area contributed by atoms with E-state index in [-0.39, 0.29) is 22.5 Å². The minimum atomic E-state index is -0.500. The van der Waals surface area contributed by atoms with Crippen molar-refractivity contribution in [2.24, 2.45) is 0 Å². The molecule has 0 rings (SSSR count). The summed E-state index contributed by atoms with van der Waals surface area (Å²) in [5, 5.41) is 8.25. The first kappa shape index (κ1) is 20.3. The third-order valence-corrected chi connectivity index (χ3v) is 0. The molecule has 36 valence electrons. The number of carboxylic acid groups (broad SMARTS) is 1. The maximum absolute atomic E-state index is 8.25. The van der Waals surface area contributed by atoms with Crippen molar-refractivity contribution < 1.29 is 32.4 Å². The fraction of sp³-hybridized carbons (Fsp3) is 0. The standard InChI is InChI=1S/CH2O2.Cu.H2O/c2-1-3;;/h1H,(H,2,3);;1H2/q;+1;/p-1. The zero-order chi connectivity index (χ0) is 2.71. The van der Waals surface area contributed by atoms with Crippen molar-refractivity contribution >= 4 is 6.47 Å². The van der Waals surface area contributed by atoms with Crippen molar-refractivity contribution in [2.75, 3.05) is 0 Å². The summed E-state index contributed by atoms with van der Waals surface area (Å²) < 4.78 is 0. The fourth-order valence-corrected chi connectivity index (χ4v) is 0. The van der Waals surface area contributed by atoms with Crippen molar-refractivity contribution in [1.82, 2.24) is 0 Å². The average Bonchev–Trinajstić information content (AvgIpc) is 0.918. The molecule has 3 nitrogen and oxygen atoms in total. The van der Waals surface area contributed by atoms with Gasteiger partial charge in [0.1, 0.15) is 0 Å². The van der Waals surface area contributed by atoms with E-state index in [0.717, 1.165) is 0 Å². The molecule has 0 aliphatic heterocycles. The predicted octanol–water partition coefficient (Wildman–Crippen LogP) is -2.46. The molecule has 0 bridgehead atoms. The Balaban J connectivity index is -0.0000000200. The molecule has 5 heavy (non-hydrogen) atoms. The van der Waals surface area contributed by atoms with Gasteiger partial charge in [-0.3, -0.25) is 0 Å². The molecule has 0 aliphatic carbocycles. The van der Waals surface area contributed by atoms with Crippen LogP contribution in [0.15, 0.2) is 0 Å². The summed E-state index contributed by atoms with van der Waals surface area (Å²) in [6.07, 6.45) is 0. The number of carbonyl (C=O) groups excluding carboxylic acids is 1. The van der Waals surface area contributed by atoms with E-state index in [2.05, 4.69) is 0 Å². The molecule has 0 saturated carbocycles. The molecule has 0 aromatic heterocycles. The minimum Gasteiger partial charge on any atom is -0.554 e. The second kappa shape index (κ2) is 38.1. The van der Waals surface area contributed by atoms with Crippen molar-refractivity contribution in [1.29, 1.82) is 0 Å². The summed E-state index contributed by atoms with van der Waals surface area (Å²) in [6, 6.07) is 0. The predicted molar refractivity (Wildman–Crippen MR) is 9.68 cm³/mol. The van der Waals surface area contributed by atoms with E-state index in [1.54, 1.807) is 0 Å². The summed E-state index contributed by atoms with van der Waals surface area (Å²) in [5.74, 6) is 0. The van der Waals surface area contributed by atoms with Gasteiger partial charge < -0.3 is 15.4 Å². The molecule has 2 N–H and O–H groups in total. The molecule has 0 unspecified atom stereocenters. The van der Waals surface area contributed by atoms with Gasteiger partial charge in [-0.25, -0.2) is 0 Å². The Hall–Kier alpha value is -0.0505. The molecule has 0 aromatic carbocycles. The number of hydrogen-bond acceptors (Lipinski definition) is 2. The summed E-state index contributed by atoms with van der Waals surface area (Å²) in [4.78, 5) is 8.25. The largest absolute Gasteiger partial charge is 1.00 e. The van der Waals surface area contributed by atoms with Gasteiger partial charge >= 0.3 is 17.1 Å². The van der Waals surface area contributed by atoms with Crippen LogP contribution in [0.3, 0.4) is 0 Å². The van der Waals surface area contributed by atoms with Gasteiger partial charge in [-0.2, -0.15) is 0 Å². The molecule has 0 aromatic rings. The first-order valence-electron chi connectivity index (χ1n) is 0.471. The fourth-order valence-electron chi connectivity index (χ4n) is 0. The van der Waals surface area contributed by atoms with Crippen molar-refractivity contribution in [3.05, 3.63) is 0 Å². The van der Waals surface area contributed by atoms with Crippen molar-refractivity contribution in [3.8, 4) is 0 Å². The Kier molecular flexibility index (Phi) is 155. The van der Waals surface area contributed by atoms with Crippen LogP contribution in [0.4, 0.5) is 0 Å². The Labute approximate surface area is 39.8 Å². The van der Waals surface area contributed by atoms with Gasteiger partial charge in [-0.05, 0) is 0 Å². The Morgan fingerprint density at radius 2 is 1.60 bits per heavy atom. The van der Waals surface area contributed by atoms with Crippen LogP contribution >= 0.6 is 0 Å². The second-order valence-corrected chi connectivity index (χ2v) is 0.0962. The number of carbonyl (C=O) groups is 1. The van der Waals surface area contributed by atoms with E-state index >= 15 is 0 Å². The third-order valence-electron chi connectivity index (χ3n) is 0. The average molecular weight is 127 g/mol. The van der Waals surface area contributed by atoms with Crippen LogP contribution in [-0.2, 0) is 21.9 Å². The first-order chi connectivity index (χ1) is 1.41. The molecule has 0 atom stereocenters. The summed E-state index contributed by atoms with van der Waals surface area (Å²) in [7, 11) is 0. The van der Waals surface area contributed by atoms with E-state index in [0.29, 0.717) is 0 Å². The smallest absolute Gasteiger partial charge is 0.554 e. The molecule has 0 saturated heterocycles. The van der Waals surface area contributed by atoms with Gasteiger partial charge in [0.15, 0.2) is 0 Å². The van der Waals surface area contributed by atoms with Crippen molar-refractivity contribution in [2.45, 2.75) is 0 Å². The molecule has 0 spiro atoms. The van der Waals surface area contributed by atoms with Crippen LogP contribution in [0.1, 0.15) is 0 Å². The minimum absolute atomic E-state index is 0. The number of rotatable bonds is 0. The summed E-state index contributed by atoms with van der Waals surface area (Å²) >= 11 is 0. The van der Waals surface area contributed by atoms with Crippen molar-refractivity contribution in [3.63, 3.8) is 0 Å².